The maximum absolute atomic E-state index is 12.9. The van der Waals surface area contributed by atoms with E-state index in [0.29, 0.717) is 5.56 Å². The monoisotopic (exact) mass is 247 g/mol. The third-order valence-electron chi connectivity index (χ3n) is 1.95. The molecule has 6 heteroatoms. The minimum atomic E-state index is -4.25. The quantitative estimate of drug-likeness (QED) is 0.604. The van der Waals surface area contributed by atoms with Crippen molar-refractivity contribution in [3.8, 4) is 6.07 Å². The number of hydrogen-bond acceptors (Lipinski definition) is 2. The van der Waals surface area contributed by atoms with Crippen LogP contribution < -0.4 is 0 Å². The van der Waals surface area contributed by atoms with E-state index in [0.717, 1.165) is 6.07 Å². The number of rotatable bonds is 4. The fraction of sp³-hybridized carbons (Fsp3) is 0.364. The van der Waals surface area contributed by atoms with Gasteiger partial charge in [-0.2, -0.15) is 18.4 Å². The summed E-state index contributed by atoms with van der Waals surface area (Å²) in [4.78, 5) is 0. The van der Waals surface area contributed by atoms with Crippen molar-refractivity contribution in [1.82, 2.24) is 0 Å². The van der Waals surface area contributed by atoms with Crippen molar-refractivity contribution in [3.63, 3.8) is 0 Å². The molecule has 0 saturated heterocycles. The highest BCUT2D eigenvalue weighted by atomic mass is 19.4. The molecule has 0 spiro atoms. The van der Waals surface area contributed by atoms with Crippen molar-refractivity contribution in [2.75, 3.05) is 6.61 Å². The van der Waals surface area contributed by atoms with E-state index in [4.69, 9.17) is 10.00 Å². The van der Waals surface area contributed by atoms with Gasteiger partial charge in [-0.05, 0) is 17.7 Å². The van der Waals surface area contributed by atoms with Crippen LogP contribution in [0, 0.1) is 17.1 Å². The van der Waals surface area contributed by atoms with Gasteiger partial charge in [-0.15, -0.1) is 0 Å². The van der Waals surface area contributed by atoms with Gasteiger partial charge in [-0.25, -0.2) is 4.39 Å². The summed E-state index contributed by atoms with van der Waals surface area (Å²) in [5.74, 6) is -0.661. The van der Waals surface area contributed by atoms with E-state index < -0.39 is 25.0 Å². The van der Waals surface area contributed by atoms with Crippen molar-refractivity contribution in [3.05, 3.63) is 35.1 Å². The SMILES string of the molecule is N#Cc1cc(COCCC(F)(F)F)ccc1F. The van der Waals surface area contributed by atoms with E-state index in [1.165, 1.54) is 12.1 Å². The lowest BCUT2D eigenvalue weighted by atomic mass is 10.1. The van der Waals surface area contributed by atoms with Gasteiger partial charge in [0.2, 0.25) is 0 Å². The van der Waals surface area contributed by atoms with Crippen molar-refractivity contribution < 1.29 is 22.3 Å². The second kappa shape index (κ2) is 5.64. The molecule has 1 rings (SSSR count). The van der Waals surface area contributed by atoms with E-state index >= 15 is 0 Å². The van der Waals surface area contributed by atoms with Crippen molar-refractivity contribution in [1.29, 1.82) is 5.26 Å². The van der Waals surface area contributed by atoms with Crippen LogP contribution in [0.25, 0.3) is 0 Å². The molecule has 0 aliphatic carbocycles. The summed E-state index contributed by atoms with van der Waals surface area (Å²) in [5.41, 5.74) is 0.312. The molecule has 1 aromatic carbocycles. The largest absolute Gasteiger partial charge is 0.391 e. The lowest BCUT2D eigenvalue weighted by molar-refractivity contribution is -0.146. The lowest BCUT2D eigenvalue weighted by Gasteiger charge is -2.07. The Morgan fingerprint density at radius 2 is 2.00 bits per heavy atom. The molecule has 2 nitrogen and oxygen atoms in total. The second-order valence-corrected chi connectivity index (χ2v) is 3.34. The van der Waals surface area contributed by atoms with Crippen LogP contribution in [0.1, 0.15) is 17.5 Å². The molecule has 0 fully saturated rings. The zero-order valence-electron chi connectivity index (χ0n) is 8.72. The number of alkyl halides is 3. The Hall–Kier alpha value is -1.61. The summed E-state index contributed by atoms with van der Waals surface area (Å²) >= 11 is 0. The van der Waals surface area contributed by atoms with Gasteiger partial charge >= 0.3 is 6.18 Å². The van der Waals surface area contributed by atoms with Gasteiger partial charge in [0.25, 0.3) is 0 Å². The molecule has 0 radical (unpaired) electrons. The molecule has 0 aliphatic rings. The van der Waals surface area contributed by atoms with E-state index in [2.05, 4.69) is 0 Å². The number of nitriles is 1. The third kappa shape index (κ3) is 4.83. The van der Waals surface area contributed by atoms with Crippen LogP contribution in [0.4, 0.5) is 17.6 Å². The molecular formula is C11H9F4NO. The highest BCUT2D eigenvalue weighted by Crippen LogP contribution is 2.19. The predicted octanol–water partition coefficient (Wildman–Crippen LogP) is 3.17. The molecule has 0 aliphatic heterocycles. The van der Waals surface area contributed by atoms with Crippen molar-refractivity contribution >= 4 is 0 Å². The molecule has 0 N–H and O–H groups in total. The fourth-order valence-electron chi connectivity index (χ4n) is 1.13. The van der Waals surface area contributed by atoms with Crippen LogP contribution in [0.15, 0.2) is 18.2 Å². The van der Waals surface area contributed by atoms with Gasteiger partial charge in [0, 0.05) is 0 Å². The van der Waals surface area contributed by atoms with Crippen molar-refractivity contribution in [2.24, 2.45) is 0 Å². The molecular weight excluding hydrogens is 238 g/mol. The standard InChI is InChI=1S/C11H9F4NO/c12-10-2-1-8(5-9(10)6-16)7-17-4-3-11(13,14)15/h1-2,5H,3-4,7H2. The summed E-state index contributed by atoms with van der Waals surface area (Å²) in [6, 6.07) is 5.34. The summed E-state index contributed by atoms with van der Waals surface area (Å²) in [5, 5.41) is 8.54. The fourth-order valence-corrected chi connectivity index (χ4v) is 1.13. The molecule has 0 amide bonds. The number of benzene rings is 1. The Morgan fingerprint density at radius 3 is 2.59 bits per heavy atom. The summed E-state index contributed by atoms with van der Waals surface area (Å²) in [6.07, 6.45) is -5.28. The summed E-state index contributed by atoms with van der Waals surface area (Å²) in [7, 11) is 0. The van der Waals surface area contributed by atoms with Crippen molar-refractivity contribution in [2.45, 2.75) is 19.2 Å². The normalized spacial score (nSPS) is 11.2. The van der Waals surface area contributed by atoms with Gasteiger partial charge in [0.15, 0.2) is 0 Å². The maximum Gasteiger partial charge on any atom is 0.391 e. The minimum absolute atomic E-state index is 0.0783. The molecule has 0 atom stereocenters. The third-order valence-corrected chi connectivity index (χ3v) is 1.95. The first-order chi connectivity index (χ1) is 7.92. The average Bonchev–Trinajstić information content (AvgIpc) is 2.25. The Balaban J connectivity index is 2.45. The van der Waals surface area contributed by atoms with E-state index in [-0.39, 0.29) is 12.2 Å². The molecule has 0 bridgehead atoms. The van der Waals surface area contributed by atoms with Crippen LogP contribution in [0.2, 0.25) is 0 Å². The summed E-state index contributed by atoms with van der Waals surface area (Å²) < 4.78 is 53.0. The van der Waals surface area contributed by atoms with Crippen LogP contribution >= 0.6 is 0 Å². The molecule has 1 aromatic rings. The first-order valence-electron chi connectivity index (χ1n) is 4.75. The zero-order valence-corrected chi connectivity index (χ0v) is 8.72. The number of nitrogens with zero attached hydrogens (tertiary/aromatic N) is 1. The molecule has 0 aromatic heterocycles. The zero-order chi connectivity index (χ0) is 12.9. The highest BCUT2D eigenvalue weighted by Gasteiger charge is 2.26. The lowest BCUT2D eigenvalue weighted by Crippen LogP contribution is -2.11. The second-order valence-electron chi connectivity index (χ2n) is 3.34. The summed E-state index contributed by atoms with van der Waals surface area (Å²) in [6.45, 7) is -0.534. The Morgan fingerprint density at radius 1 is 1.29 bits per heavy atom. The van der Waals surface area contributed by atoms with Gasteiger partial charge in [-0.3, -0.25) is 0 Å². The first kappa shape index (κ1) is 13.5. The first-order valence-corrected chi connectivity index (χ1v) is 4.75. The van der Waals surface area contributed by atoms with Crippen LogP contribution in [0.5, 0.6) is 0 Å². The molecule has 92 valence electrons. The number of halogens is 4. The Labute approximate surface area is 95.4 Å². The smallest absolute Gasteiger partial charge is 0.376 e. The maximum atomic E-state index is 12.9. The van der Waals surface area contributed by atoms with Gasteiger partial charge in [-0.1, -0.05) is 6.07 Å². The van der Waals surface area contributed by atoms with Crippen LogP contribution in [-0.4, -0.2) is 12.8 Å². The van der Waals surface area contributed by atoms with E-state index in [9.17, 15) is 17.6 Å². The Bertz CT molecular complexity index is 422. The highest BCUT2D eigenvalue weighted by molar-refractivity contribution is 5.34. The predicted molar refractivity (Wildman–Crippen MR) is 51.4 cm³/mol. The molecule has 17 heavy (non-hydrogen) atoms. The average molecular weight is 247 g/mol. The molecule has 0 unspecified atom stereocenters. The van der Waals surface area contributed by atoms with Gasteiger partial charge < -0.3 is 4.74 Å². The Kier molecular flexibility index (Phi) is 4.46. The van der Waals surface area contributed by atoms with E-state index in [1.807, 2.05) is 0 Å². The van der Waals surface area contributed by atoms with Gasteiger partial charge in [0.05, 0.1) is 25.2 Å². The number of hydrogen-bond donors (Lipinski definition) is 0. The molecule has 0 heterocycles. The number of ether oxygens (including phenoxy) is 1. The van der Waals surface area contributed by atoms with Crippen LogP contribution in [-0.2, 0) is 11.3 Å². The minimum Gasteiger partial charge on any atom is -0.376 e. The van der Waals surface area contributed by atoms with E-state index in [1.54, 1.807) is 6.07 Å². The topological polar surface area (TPSA) is 33.0 Å². The molecule has 0 saturated carbocycles. The van der Waals surface area contributed by atoms with Gasteiger partial charge in [0.1, 0.15) is 11.9 Å². The van der Waals surface area contributed by atoms with Crippen LogP contribution in [0.3, 0.4) is 0 Å².